The molecular weight excluding hydrogens is 362 g/mol. The van der Waals surface area contributed by atoms with Crippen molar-refractivity contribution in [3.05, 3.63) is 35.7 Å². The third kappa shape index (κ3) is 3.27. The van der Waals surface area contributed by atoms with E-state index in [1.54, 1.807) is 6.92 Å². The van der Waals surface area contributed by atoms with Gasteiger partial charge < -0.3 is 5.32 Å². The van der Waals surface area contributed by atoms with Crippen LogP contribution in [0.5, 0.6) is 0 Å². The van der Waals surface area contributed by atoms with Gasteiger partial charge in [0.05, 0.1) is 17.5 Å². The van der Waals surface area contributed by atoms with Crippen molar-refractivity contribution >= 4 is 34.2 Å². The van der Waals surface area contributed by atoms with E-state index in [1.165, 1.54) is 16.2 Å². The van der Waals surface area contributed by atoms with Gasteiger partial charge in [0.15, 0.2) is 5.13 Å². The molecular formula is C20H21N3O3S. The lowest BCUT2D eigenvalue weighted by molar-refractivity contribution is -0.146. The van der Waals surface area contributed by atoms with Gasteiger partial charge in [-0.25, -0.2) is 4.98 Å². The van der Waals surface area contributed by atoms with Crippen LogP contribution in [0.1, 0.15) is 32.6 Å². The average molecular weight is 383 g/mol. The highest BCUT2D eigenvalue weighted by Gasteiger charge is 2.50. The summed E-state index contributed by atoms with van der Waals surface area (Å²) in [6.07, 6.45) is 3.42. The summed E-state index contributed by atoms with van der Waals surface area (Å²) in [7, 11) is 0. The standard InChI is InChI=1S/C20H21N3O3S/c1-12(23-18(25)14-9-5-6-10-15(14)19(23)26)17(24)22-20-21-16(11-27-20)13-7-3-2-4-8-13/h2-4,7-8,11-12,14-15H,5-6,9-10H2,1H3,(H,21,22,24). The van der Waals surface area contributed by atoms with Gasteiger partial charge in [-0.3, -0.25) is 19.3 Å². The van der Waals surface area contributed by atoms with Crippen molar-refractivity contribution in [3.8, 4) is 11.3 Å². The van der Waals surface area contributed by atoms with Gasteiger partial charge in [-0.1, -0.05) is 43.2 Å². The lowest BCUT2D eigenvalue weighted by Gasteiger charge is -2.21. The molecule has 2 aromatic rings. The van der Waals surface area contributed by atoms with Crippen LogP contribution in [0.25, 0.3) is 11.3 Å². The molecule has 1 saturated carbocycles. The molecule has 4 rings (SSSR count). The lowest BCUT2D eigenvalue weighted by Crippen LogP contribution is -2.46. The number of nitrogens with zero attached hydrogens (tertiary/aromatic N) is 2. The van der Waals surface area contributed by atoms with Gasteiger partial charge in [0, 0.05) is 10.9 Å². The molecule has 1 aliphatic heterocycles. The van der Waals surface area contributed by atoms with E-state index >= 15 is 0 Å². The van der Waals surface area contributed by atoms with Gasteiger partial charge in [-0.2, -0.15) is 0 Å². The first-order chi connectivity index (χ1) is 13.1. The minimum absolute atomic E-state index is 0.198. The second-order valence-corrected chi connectivity index (χ2v) is 7.97. The smallest absolute Gasteiger partial charge is 0.249 e. The van der Waals surface area contributed by atoms with Crippen molar-refractivity contribution in [1.82, 2.24) is 9.88 Å². The summed E-state index contributed by atoms with van der Waals surface area (Å²) in [6, 6.07) is 8.86. The van der Waals surface area contributed by atoms with E-state index in [1.807, 2.05) is 35.7 Å². The Bertz CT molecular complexity index is 856. The first-order valence-electron chi connectivity index (χ1n) is 9.25. The van der Waals surface area contributed by atoms with Gasteiger partial charge in [0.25, 0.3) is 0 Å². The lowest BCUT2D eigenvalue weighted by atomic mass is 9.81. The highest BCUT2D eigenvalue weighted by molar-refractivity contribution is 7.14. The number of carbonyl (C=O) groups is 3. The Morgan fingerprint density at radius 3 is 2.41 bits per heavy atom. The van der Waals surface area contributed by atoms with Crippen LogP contribution in [-0.2, 0) is 14.4 Å². The number of thiazole rings is 1. The van der Waals surface area contributed by atoms with E-state index in [4.69, 9.17) is 0 Å². The summed E-state index contributed by atoms with van der Waals surface area (Å²) in [5, 5.41) is 5.09. The van der Waals surface area contributed by atoms with Crippen LogP contribution in [-0.4, -0.2) is 33.6 Å². The van der Waals surface area contributed by atoms with Crippen LogP contribution >= 0.6 is 11.3 Å². The number of anilines is 1. The monoisotopic (exact) mass is 383 g/mol. The number of imide groups is 1. The fourth-order valence-corrected chi connectivity index (χ4v) is 4.69. The minimum atomic E-state index is -0.834. The number of aromatic nitrogens is 1. The molecule has 2 aliphatic rings. The molecule has 2 heterocycles. The molecule has 3 unspecified atom stereocenters. The van der Waals surface area contributed by atoms with E-state index in [0.717, 1.165) is 36.9 Å². The van der Waals surface area contributed by atoms with Crippen molar-refractivity contribution in [1.29, 1.82) is 0 Å². The number of fused-ring (bicyclic) bond motifs is 1. The molecule has 1 saturated heterocycles. The van der Waals surface area contributed by atoms with E-state index in [9.17, 15) is 14.4 Å². The summed E-state index contributed by atoms with van der Waals surface area (Å²) in [5.74, 6) is -1.27. The van der Waals surface area contributed by atoms with Crippen molar-refractivity contribution in [2.45, 2.75) is 38.6 Å². The van der Waals surface area contributed by atoms with Crippen LogP contribution < -0.4 is 5.32 Å². The largest absolute Gasteiger partial charge is 0.300 e. The molecule has 1 aromatic carbocycles. The number of nitrogens with one attached hydrogen (secondary N) is 1. The molecule has 3 amide bonds. The molecule has 6 nitrogen and oxygen atoms in total. The normalized spacial score (nSPS) is 23.2. The summed E-state index contributed by atoms with van der Waals surface area (Å²) in [5.41, 5.74) is 1.75. The SMILES string of the molecule is CC(C(=O)Nc1nc(-c2ccccc2)cs1)N1C(=O)C2CCCCC2C1=O. The molecule has 27 heavy (non-hydrogen) atoms. The molecule has 1 aliphatic carbocycles. The third-order valence-electron chi connectivity index (χ3n) is 5.45. The number of rotatable bonds is 4. The molecule has 0 radical (unpaired) electrons. The number of hydrogen-bond acceptors (Lipinski definition) is 5. The second kappa shape index (κ2) is 7.23. The molecule has 0 spiro atoms. The van der Waals surface area contributed by atoms with Gasteiger partial charge in [-0.15, -0.1) is 11.3 Å². The molecule has 140 valence electrons. The van der Waals surface area contributed by atoms with Crippen molar-refractivity contribution < 1.29 is 14.4 Å². The minimum Gasteiger partial charge on any atom is -0.300 e. The zero-order valence-corrected chi connectivity index (χ0v) is 15.9. The number of carbonyl (C=O) groups excluding carboxylic acids is 3. The number of hydrogen-bond donors (Lipinski definition) is 1. The maximum Gasteiger partial charge on any atom is 0.249 e. The van der Waals surface area contributed by atoms with Crippen LogP contribution in [0, 0.1) is 11.8 Å². The highest BCUT2D eigenvalue weighted by Crippen LogP contribution is 2.39. The fourth-order valence-electron chi connectivity index (χ4n) is 3.97. The van der Waals surface area contributed by atoms with Crippen molar-refractivity contribution in [2.75, 3.05) is 5.32 Å². The summed E-state index contributed by atoms with van der Waals surface area (Å²) >= 11 is 1.32. The number of benzene rings is 1. The summed E-state index contributed by atoms with van der Waals surface area (Å²) < 4.78 is 0. The fraction of sp³-hybridized carbons (Fsp3) is 0.400. The van der Waals surface area contributed by atoms with Crippen LogP contribution in [0.15, 0.2) is 35.7 Å². The van der Waals surface area contributed by atoms with Crippen LogP contribution in [0.2, 0.25) is 0 Å². The zero-order chi connectivity index (χ0) is 19.0. The van der Waals surface area contributed by atoms with E-state index in [0.29, 0.717) is 5.13 Å². The first-order valence-corrected chi connectivity index (χ1v) is 10.1. The Kier molecular flexibility index (Phi) is 4.78. The van der Waals surface area contributed by atoms with E-state index in [-0.39, 0.29) is 29.6 Å². The topological polar surface area (TPSA) is 79.4 Å². The van der Waals surface area contributed by atoms with Crippen molar-refractivity contribution in [3.63, 3.8) is 0 Å². The maximum atomic E-state index is 12.7. The van der Waals surface area contributed by atoms with E-state index < -0.39 is 6.04 Å². The molecule has 7 heteroatoms. The van der Waals surface area contributed by atoms with Gasteiger partial charge in [-0.05, 0) is 19.8 Å². The Morgan fingerprint density at radius 2 is 1.78 bits per heavy atom. The maximum absolute atomic E-state index is 12.7. The highest BCUT2D eigenvalue weighted by atomic mass is 32.1. The molecule has 0 bridgehead atoms. The predicted molar refractivity (Wildman–Crippen MR) is 103 cm³/mol. The molecule has 2 fully saturated rings. The molecule has 1 N–H and O–H groups in total. The molecule has 1 aromatic heterocycles. The predicted octanol–water partition coefficient (Wildman–Crippen LogP) is 3.31. The second-order valence-electron chi connectivity index (χ2n) is 7.11. The van der Waals surface area contributed by atoms with Gasteiger partial charge in [0.2, 0.25) is 17.7 Å². The van der Waals surface area contributed by atoms with E-state index in [2.05, 4.69) is 10.3 Å². The average Bonchev–Trinajstić information content (AvgIpc) is 3.26. The summed E-state index contributed by atoms with van der Waals surface area (Å²) in [4.78, 5) is 43.6. The first kappa shape index (κ1) is 17.9. The Morgan fingerprint density at radius 1 is 1.15 bits per heavy atom. The van der Waals surface area contributed by atoms with Crippen LogP contribution in [0.4, 0.5) is 5.13 Å². The molecule has 3 atom stereocenters. The Balaban J connectivity index is 1.46. The number of amides is 3. The third-order valence-corrected chi connectivity index (χ3v) is 6.20. The summed E-state index contributed by atoms with van der Waals surface area (Å²) in [6.45, 7) is 1.61. The van der Waals surface area contributed by atoms with Crippen LogP contribution in [0.3, 0.4) is 0 Å². The van der Waals surface area contributed by atoms with Crippen molar-refractivity contribution in [2.24, 2.45) is 11.8 Å². The van der Waals surface area contributed by atoms with Gasteiger partial charge in [0.1, 0.15) is 6.04 Å². The zero-order valence-electron chi connectivity index (χ0n) is 15.1. The quantitative estimate of drug-likeness (QED) is 0.822. The Hall–Kier alpha value is -2.54. The van der Waals surface area contributed by atoms with Gasteiger partial charge >= 0.3 is 0 Å². The Labute approximate surface area is 161 Å². The number of likely N-dealkylation sites (tertiary alicyclic amines) is 1.